The second-order valence-corrected chi connectivity index (χ2v) is 6.43. The van der Waals surface area contributed by atoms with Gasteiger partial charge < -0.3 is 14.0 Å². The van der Waals surface area contributed by atoms with E-state index in [1.165, 1.54) is 13.0 Å². The first-order chi connectivity index (χ1) is 13.4. The molecule has 7 heteroatoms. The third kappa shape index (κ3) is 3.98. The molecule has 28 heavy (non-hydrogen) atoms. The summed E-state index contributed by atoms with van der Waals surface area (Å²) >= 11 is 0. The van der Waals surface area contributed by atoms with Crippen LogP contribution < -0.4 is 4.74 Å². The summed E-state index contributed by atoms with van der Waals surface area (Å²) in [5.74, 6) is 1.00. The monoisotopic (exact) mass is 381 g/mol. The molecule has 0 aliphatic rings. The molecule has 0 saturated heterocycles. The molecule has 2 aromatic heterocycles. The fourth-order valence-electron chi connectivity index (χ4n) is 3.05. The molecular weight excluding hydrogens is 358 g/mol. The number of hydrogen-bond donors (Lipinski definition) is 0. The zero-order valence-electron chi connectivity index (χ0n) is 16.4. The van der Waals surface area contributed by atoms with Crippen LogP contribution in [0.5, 0.6) is 5.75 Å². The van der Waals surface area contributed by atoms with E-state index < -0.39 is 5.97 Å². The van der Waals surface area contributed by atoms with E-state index >= 15 is 0 Å². The molecule has 0 radical (unpaired) electrons. The zero-order valence-corrected chi connectivity index (χ0v) is 16.4. The predicted octanol–water partition coefficient (Wildman–Crippen LogP) is 3.22. The molecule has 0 atom stereocenters. The number of rotatable bonds is 7. The Morgan fingerprint density at radius 2 is 2.04 bits per heavy atom. The smallest absolute Gasteiger partial charge is 0.330 e. The van der Waals surface area contributed by atoms with Gasteiger partial charge in [-0.2, -0.15) is 5.10 Å². The molecule has 0 unspecified atom stereocenters. The van der Waals surface area contributed by atoms with Crippen molar-refractivity contribution in [1.82, 2.24) is 14.3 Å². The van der Waals surface area contributed by atoms with Gasteiger partial charge in [-0.15, -0.1) is 0 Å². The van der Waals surface area contributed by atoms with Crippen LogP contribution in [0.15, 0.2) is 36.5 Å². The Kier molecular flexibility index (Phi) is 5.63. The van der Waals surface area contributed by atoms with Crippen molar-refractivity contribution in [3.63, 3.8) is 0 Å². The van der Waals surface area contributed by atoms with Crippen LogP contribution in [0, 0.1) is 6.92 Å². The highest BCUT2D eigenvalue weighted by atomic mass is 16.5. The molecule has 7 nitrogen and oxygen atoms in total. The summed E-state index contributed by atoms with van der Waals surface area (Å²) in [6.45, 7) is 5.51. The Balaban J connectivity index is 2.05. The van der Waals surface area contributed by atoms with Gasteiger partial charge in [-0.25, -0.2) is 4.79 Å². The first kappa shape index (κ1) is 19.4. The summed E-state index contributed by atoms with van der Waals surface area (Å²) < 4.78 is 14.3. The minimum absolute atomic E-state index is 0.0323. The van der Waals surface area contributed by atoms with Crippen molar-refractivity contribution in [3.05, 3.63) is 47.8 Å². The van der Waals surface area contributed by atoms with Crippen LogP contribution in [0.4, 0.5) is 0 Å². The molecule has 3 aromatic rings. The Morgan fingerprint density at radius 1 is 1.25 bits per heavy atom. The van der Waals surface area contributed by atoms with Gasteiger partial charge in [0.1, 0.15) is 18.2 Å². The molecule has 0 spiro atoms. The lowest BCUT2D eigenvalue weighted by Crippen LogP contribution is -2.07. The first-order valence-electron chi connectivity index (χ1n) is 9.03. The van der Waals surface area contributed by atoms with Crippen molar-refractivity contribution in [2.75, 3.05) is 13.2 Å². The molecule has 0 amide bonds. The number of carbonyl (C=O) groups is 2. The normalized spacial score (nSPS) is 11.3. The average molecular weight is 381 g/mol. The second-order valence-electron chi connectivity index (χ2n) is 6.43. The number of ketones is 1. The maximum atomic E-state index is 11.7. The number of aryl methyl sites for hydroxylation is 2. The third-order valence-electron chi connectivity index (χ3n) is 4.24. The molecule has 0 saturated carbocycles. The third-order valence-corrected chi connectivity index (χ3v) is 4.24. The first-order valence-corrected chi connectivity index (χ1v) is 9.03. The molecule has 0 bridgehead atoms. The SMILES string of the molecule is CCOC(=O)/C=C/c1c(C)nn(C)c1-n1ccc2ccc(OCC(C)=O)cc21. The van der Waals surface area contributed by atoms with E-state index in [9.17, 15) is 9.59 Å². The number of fused-ring (bicyclic) bond motifs is 1. The van der Waals surface area contributed by atoms with E-state index in [4.69, 9.17) is 9.47 Å². The van der Waals surface area contributed by atoms with Gasteiger partial charge in [-0.05, 0) is 45.0 Å². The van der Waals surface area contributed by atoms with Gasteiger partial charge in [0.25, 0.3) is 0 Å². The minimum atomic E-state index is -0.394. The van der Waals surface area contributed by atoms with Gasteiger partial charge in [0, 0.05) is 36.3 Å². The largest absolute Gasteiger partial charge is 0.486 e. The molecule has 0 aliphatic heterocycles. The Bertz CT molecular complexity index is 1060. The van der Waals surface area contributed by atoms with Crippen LogP contribution in [0.25, 0.3) is 22.8 Å². The predicted molar refractivity (Wildman–Crippen MR) is 107 cm³/mol. The number of ether oxygens (including phenoxy) is 2. The van der Waals surface area contributed by atoms with E-state index in [1.54, 1.807) is 17.7 Å². The summed E-state index contributed by atoms with van der Waals surface area (Å²) in [5.41, 5.74) is 2.53. The molecule has 0 fully saturated rings. The minimum Gasteiger partial charge on any atom is -0.486 e. The summed E-state index contributed by atoms with van der Waals surface area (Å²) in [6.07, 6.45) is 5.07. The van der Waals surface area contributed by atoms with E-state index in [-0.39, 0.29) is 12.4 Å². The highest BCUT2D eigenvalue weighted by Crippen LogP contribution is 2.28. The van der Waals surface area contributed by atoms with Crippen molar-refractivity contribution in [2.24, 2.45) is 7.05 Å². The van der Waals surface area contributed by atoms with Gasteiger partial charge in [0.05, 0.1) is 17.8 Å². The highest BCUT2D eigenvalue weighted by Gasteiger charge is 2.16. The lowest BCUT2D eigenvalue weighted by atomic mass is 10.2. The fraction of sp³-hybridized carbons (Fsp3) is 0.286. The summed E-state index contributed by atoms with van der Waals surface area (Å²) in [5, 5.41) is 5.52. The highest BCUT2D eigenvalue weighted by molar-refractivity contribution is 5.89. The fourth-order valence-corrected chi connectivity index (χ4v) is 3.05. The number of esters is 1. The van der Waals surface area contributed by atoms with Crippen molar-refractivity contribution in [2.45, 2.75) is 20.8 Å². The Morgan fingerprint density at radius 3 is 2.75 bits per heavy atom. The van der Waals surface area contributed by atoms with Crippen molar-refractivity contribution in [3.8, 4) is 11.6 Å². The summed E-state index contributed by atoms with van der Waals surface area (Å²) in [6, 6.07) is 7.66. The number of aromatic nitrogens is 3. The lowest BCUT2D eigenvalue weighted by molar-refractivity contribution is -0.137. The maximum absolute atomic E-state index is 11.7. The topological polar surface area (TPSA) is 75.3 Å². The van der Waals surface area contributed by atoms with E-state index in [1.807, 2.05) is 49.0 Å². The number of Topliss-reactive ketones (excluding diaryl/α,β-unsaturated/α-hetero) is 1. The van der Waals surface area contributed by atoms with Crippen molar-refractivity contribution >= 4 is 28.7 Å². The second kappa shape index (κ2) is 8.12. The lowest BCUT2D eigenvalue weighted by Gasteiger charge is -2.09. The zero-order chi connectivity index (χ0) is 20.3. The number of nitrogens with zero attached hydrogens (tertiary/aromatic N) is 3. The van der Waals surface area contributed by atoms with Crippen LogP contribution in [-0.2, 0) is 21.4 Å². The standard InChI is InChI=1S/C21H23N3O4/c1-5-27-20(26)9-8-18-15(3)22-23(4)21(18)24-11-10-16-6-7-17(12-19(16)24)28-13-14(2)25/h6-12H,5,13H2,1-4H3/b9-8+. The summed E-state index contributed by atoms with van der Waals surface area (Å²) in [4.78, 5) is 22.9. The average Bonchev–Trinajstić information content (AvgIpc) is 3.17. The molecular formula is C21H23N3O4. The quantitative estimate of drug-likeness (QED) is 0.464. The van der Waals surface area contributed by atoms with Gasteiger partial charge in [0.2, 0.25) is 0 Å². The van der Waals surface area contributed by atoms with E-state index in [0.717, 1.165) is 28.0 Å². The molecule has 0 aliphatic carbocycles. The maximum Gasteiger partial charge on any atom is 0.330 e. The molecule has 3 rings (SSSR count). The van der Waals surface area contributed by atoms with Gasteiger partial charge >= 0.3 is 5.97 Å². The van der Waals surface area contributed by atoms with Crippen LogP contribution in [0.3, 0.4) is 0 Å². The van der Waals surface area contributed by atoms with Crippen LogP contribution in [-0.4, -0.2) is 39.3 Å². The Hall–Kier alpha value is -3.35. The van der Waals surface area contributed by atoms with E-state index in [0.29, 0.717) is 12.4 Å². The van der Waals surface area contributed by atoms with Crippen molar-refractivity contribution in [1.29, 1.82) is 0 Å². The van der Waals surface area contributed by atoms with Crippen molar-refractivity contribution < 1.29 is 19.1 Å². The summed E-state index contributed by atoms with van der Waals surface area (Å²) in [7, 11) is 1.85. The van der Waals surface area contributed by atoms with Crippen LogP contribution >= 0.6 is 0 Å². The number of hydrogen-bond acceptors (Lipinski definition) is 5. The molecule has 1 aromatic carbocycles. The van der Waals surface area contributed by atoms with Crippen LogP contribution in [0.1, 0.15) is 25.1 Å². The van der Waals surface area contributed by atoms with Crippen LogP contribution in [0.2, 0.25) is 0 Å². The van der Waals surface area contributed by atoms with E-state index in [2.05, 4.69) is 5.10 Å². The number of benzene rings is 1. The molecule has 146 valence electrons. The molecule has 0 N–H and O–H groups in total. The number of carbonyl (C=O) groups excluding carboxylic acids is 2. The van der Waals surface area contributed by atoms with Gasteiger partial charge in [0.15, 0.2) is 5.78 Å². The molecule has 2 heterocycles. The van der Waals surface area contributed by atoms with Gasteiger partial charge in [-0.1, -0.05) is 0 Å². The Labute approximate surface area is 163 Å². The van der Waals surface area contributed by atoms with Gasteiger partial charge in [-0.3, -0.25) is 9.48 Å².